The summed E-state index contributed by atoms with van der Waals surface area (Å²) in [7, 11) is 0. The molecule has 19 heavy (non-hydrogen) atoms. The number of ether oxygens (including phenoxy) is 1. The van der Waals surface area contributed by atoms with Crippen LogP contribution in [0.5, 0.6) is 0 Å². The number of hydrogen-bond acceptors (Lipinski definition) is 5. The van der Waals surface area contributed by atoms with E-state index in [-0.39, 0.29) is 6.61 Å². The maximum absolute atomic E-state index is 11.5. The summed E-state index contributed by atoms with van der Waals surface area (Å²) < 4.78 is 5.73. The van der Waals surface area contributed by atoms with Crippen LogP contribution in [0.4, 0.5) is 5.69 Å². The third-order valence-corrected chi connectivity index (χ3v) is 3.21. The molecule has 0 saturated carbocycles. The van der Waals surface area contributed by atoms with Crippen molar-refractivity contribution >= 4 is 33.4 Å². The van der Waals surface area contributed by atoms with Crippen LogP contribution < -0.4 is 0 Å². The monoisotopic (exact) mass is 326 g/mol. The Morgan fingerprint density at radius 1 is 1.42 bits per heavy atom. The summed E-state index contributed by atoms with van der Waals surface area (Å²) in [6, 6.07) is 4.18. The molecule has 0 heterocycles. The van der Waals surface area contributed by atoms with Crippen molar-refractivity contribution in [2.45, 2.75) is 26.8 Å². The molecule has 0 fully saturated rings. The molecule has 5 nitrogen and oxygen atoms in total. The topological polar surface area (TPSA) is 68.1 Å². The van der Waals surface area contributed by atoms with Crippen molar-refractivity contribution in [1.29, 1.82) is 0 Å². The Hall–Kier alpha value is -1.56. The van der Waals surface area contributed by atoms with Gasteiger partial charge >= 0.3 is 5.97 Å². The Morgan fingerprint density at radius 3 is 2.63 bits per heavy atom. The van der Waals surface area contributed by atoms with Gasteiger partial charge in [0.05, 0.1) is 12.3 Å². The molecule has 0 aromatic heterocycles. The minimum Gasteiger partial charge on any atom is -0.464 e. The van der Waals surface area contributed by atoms with Crippen LogP contribution >= 0.6 is 15.9 Å². The zero-order chi connectivity index (χ0) is 14.4. The van der Waals surface area contributed by atoms with Crippen LogP contribution in [0.3, 0.4) is 0 Å². The number of carbonyl (C=O) groups excluding carboxylic acids is 2. The largest absolute Gasteiger partial charge is 0.464 e. The van der Waals surface area contributed by atoms with Crippen LogP contribution in [0.15, 0.2) is 32.9 Å². The van der Waals surface area contributed by atoms with Crippen molar-refractivity contribution in [3.8, 4) is 0 Å². The van der Waals surface area contributed by atoms with Crippen LogP contribution in [0, 0.1) is 6.92 Å². The van der Waals surface area contributed by atoms with Crippen molar-refractivity contribution in [2.24, 2.45) is 10.2 Å². The van der Waals surface area contributed by atoms with E-state index in [0.29, 0.717) is 5.69 Å². The standard InChI is InChI=1S/C13H15BrN2O3/c1-4-19-13(18)12(9(3)17)16-15-10-5-6-11(14)8(2)7-10/h5-7,12H,4H2,1-3H3/t12-/m1/s1. The van der Waals surface area contributed by atoms with Gasteiger partial charge in [0.15, 0.2) is 5.78 Å². The van der Waals surface area contributed by atoms with Crippen molar-refractivity contribution in [3.63, 3.8) is 0 Å². The fourth-order valence-electron chi connectivity index (χ4n) is 1.33. The van der Waals surface area contributed by atoms with Gasteiger partial charge < -0.3 is 4.74 Å². The van der Waals surface area contributed by atoms with Crippen LogP contribution in [-0.4, -0.2) is 24.4 Å². The molecular formula is C13H15BrN2O3. The molecule has 1 rings (SSSR count). The van der Waals surface area contributed by atoms with Gasteiger partial charge in [-0.2, -0.15) is 10.2 Å². The molecule has 0 spiro atoms. The molecule has 6 heteroatoms. The molecule has 0 unspecified atom stereocenters. The number of halogens is 1. The summed E-state index contributed by atoms with van der Waals surface area (Å²) in [5.74, 6) is -1.07. The van der Waals surface area contributed by atoms with E-state index < -0.39 is 17.8 Å². The average molecular weight is 327 g/mol. The SMILES string of the molecule is CCOC(=O)[C@H](N=Nc1ccc(Br)c(C)c1)C(C)=O. The lowest BCUT2D eigenvalue weighted by atomic mass is 10.2. The highest BCUT2D eigenvalue weighted by molar-refractivity contribution is 9.10. The second-order valence-corrected chi connectivity index (χ2v) is 4.77. The minimum absolute atomic E-state index is 0.204. The highest BCUT2D eigenvalue weighted by Gasteiger charge is 2.24. The number of rotatable bonds is 5. The maximum atomic E-state index is 11.5. The van der Waals surface area contributed by atoms with E-state index in [1.165, 1.54) is 6.92 Å². The van der Waals surface area contributed by atoms with Crippen molar-refractivity contribution in [3.05, 3.63) is 28.2 Å². The molecule has 0 aliphatic heterocycles. The Kier molecular flexibility index (Phi) is 5.82. The van der Waals surface area contributed by atoms with Gasteiger partial charge in [-0.3, -0.25) is 4.79 Å². The van der Waals surface area contributed by atoms with Crippen molar-refractivity contribution in [2.75, 3.05) is 6.61 Å². The zero-order valence-electron chi connectivity index (χ0n) is 11.0. The molecule has 102 valence electrons. The maximum Gasteiger partial charge on any atom is 0.340 e. The predicted octanol–water partition coefficient (Wildman–Crippen LogP) is 3.36. The Morgan fingerprint density at radius 2 is 2.11 bits per heavy atom. The van der Waals surface area contributed by atoms with E-state index in [1.54, 1.807) is 19.1 Å². The first-order valence-electron chi connectivity index (χ1n) is 5.79. The van der Waals surface area contributed by atoms with Gasteiger partial charge in [-0.05, 0) is 44.5 Å². The molecule has 0 saturated heterocycles. The second-order valence-electron chi connectivity index (χ2n) is 3.91. The molecule has 0 aliphatic rings. The lowest BCUT2D eigenvalue weighted by Crippen LogP contribution is -2.28. The van der Waals surface area contributed by atoms with E-state index in [0.717, 1.165) is 10.0 Å². The first-order valence-corrected chi connectivity index (χ1v) is 6.59. The van der Waals surface area contributed by atoms with E-state index in [1.807, 2.05) is 13.0 Å². The van der Waals surface area contributed by atoms with Crippen molar-refractivity contribution < 1.29 is 14.3 Å². The highest BCUT2D eigenvalue weighted by atomic mass is 79.9. The number of benzene rings is 1. The van der Waals surface area contributed by atoms with Crippen LogP contribution in [0.25, 0.3) is 0 Å². The molecule has 1 aromatic carbocycles. The molecule has 0 amide bonds. The molecule has 1 atom stereocenters. The molecule has 0 radical (unpaired) electrons. The van der Waals surface area contributed by atoms with E-state index in [2.05, 4.69) is 26.2 Å². The number of ketones is 1. The molecule has 0 bridgehead atoms. The summed E-state index contributed by atoms with van der Waals surface area (Å²) in [6.07, 6.45) is 0. The van der Waals surface area contributed by atoms with Gasteiger partial charge in [-0.1, -0.05) is 15.9 Å². The Balaban J connectivity index is 2.89. The van der Waals surface area contributed by atoms with Gasteiger partial charge in [-0.25, -0.2) is 4.79 Å². The van der Waals surface area contributed by atoms with Crippen LogP contribution in [-0.2, 0) is 14.3 Å². The van der Waals surface area contributed by atoms with Gasteiger partial charge in [-0.15, -0.1) is 0 Å². The summed E-state index contributed by atoms with van der Waals surface area (Å²) >= 11 is 3.38. The van der Waals surface area contributed by atoms with E-state index >= 15 is 0 Å². The van der Waals surface area contributed by atoms with E-state index in [4.69, 9.17) is 4.74 Å². The highest BCUT2D eigenvalue weighted by Crippen LogP contribution is 2.22. The quantitative estimate of drug-likeness (QED) is 0.473. The first kappa shape index (κ1) is 15.5. The Bertz CT molecular complexity index is 515. The molecule has 0 N–H and O–H groups in total. The lowest BCUT2D eigenvalue weighted by molar-refractivity contribution is -0.147. The second kappa shape index (κ2) is 7.13. The smallest absolute Gasteiger partial charge is 0.340 e. The first-order chi connectivity index (χ1) is 8.95. The van der Waals surface area contributed by atoms with Crippen LogP contribution in [0.2, 0.25) is 0 Å². The van der Waals surface area contributed by atoms with Gasteiger partial charge in [0.2, 0.25) is 6.04 Å². The normalized spacial score (nSPS) is 12.4. The van der Waals surface area contributed by atoms with Crippen LogP contribution in [0.1, 0.15) is 19.4 Å². The van der Waals surface area contributed by atoms with E-state index in [9.17, 15) is 9.59 Å². The fourth-order valence-corrected chi connectivity index (χ4v) is 1.58. The summed E-state index contributed by atoms with van der Waals surface area (Å²) in [6.45, 7) is 5.07. The van der Waals surface area contributed by atoms with Gasteiger partial charge in [0, 0.05) is 4.47 Å². The number of esters is 1. The van der Waals surface area contributed by atoms with Gasteiger partial charge in [0.1, 0.15) is 0 Å². The molecule has 1 aromatic rings. The Labute approximate surface area is 120 Å². The number of hydrogen-bond donors (Lipinski definition) is 0. The summed E-state index contributed by atoms with van der Waals surface area (Å²) in [4.78, 5) is 22.9. The third-order valence-electron chi connectivity index (χ3n) is 2.33. The fraction of sp³-hybridized carbons (Fsp3) is 0.385. The average Bonchev–Trinajstić information content (AvgIpc) is 2.33. The number of azo groups is 1. The lowest BCUT2D eigenvalue weighted by Gasteiger charge is -2.06. The number of aryl methyl sites for hydroxylation is 1. The van der Waals surface area contributed by atoms with Crippen molar-refractivity contribution in [1.82, 2.24) is 0 Å². The van der Waals surface area contributed by atoms with Gasteiger partial charge in [0.25, 0.3) is 0 Å². The molecule has 0 aliphatic carbocycles. The summed E-state index contributed by atoms with van der Waals surface area (Å²) in [5, 5.41) is 7.68. The predicted molar refractivity (Wildman–Crippen MR) is 74.5 cm³/mol. The number of Topliss-reactive ketones (excluding diaryl/α,β-unsaturated/α-hetero) is 1. The number of carbonyl (C=O) groups is 2. The zero-order valence-corrected chi connectivity index (χ0v) is 12.6. The third kappa shape index (κ3) is 4.55. The molecular weight excluding hydrogens is 312 g/mol. The summed E-state index contributed by atoms with van der Waals surface area (Å²) in [5.41, 5.74) is 1.57. The minimum atomic E-state index is -1.19. The number of nitrogens with zero attached hydrogens (tertiary/aromatic N) is 2.